The Morgan fingerprint density at radius 3 is 3.00 bits per heavy atom. The molecule has 0 radical (unpaired) electrons. The number of thiophene rings is 1. The van der Waals surface area contributed by atoms with Gasteiger partial charge in [0.05, 0.1) is 5.39 Å². The molecule has 3 aromatic rings. The zero-order valence-electron chi connectivity index (χ0n) is 10.6. The van der Waals surface area contributed by atoms with Crippen molar-refractivity contribution in [3.8, 4) is 0 Å². The van der Waals surface area contributed by atoms with Crippen LogP contribution in [0.25, 0.3) is 10.2 Å². The minimum Gasteiger partial charge on any atom is -0.368 e. The highest BCUT2D eigenvalue weighted by Crippen LogP contribution is 2.28. The summed E-state index contributed by atoms with van der Waals surface area (Å²) in [6, 6.07) is 10.3. The predicted molar refractivity (Wildman–Crippen MR) is 80.9 cm³/mol. The standard InChI is InChI=1S/C14H14N4S/c1-2-9-4-3-5-10(8-9)16-12-11-6-7-19-13(11)18-14(15)17-12/h3-8H,2H2,1H3,(H3,15,16,17,18). The number of benzene rings is 1. The summed E-state index contributed by atoms with van der Waals surface area (Å²) in [5.41, 5.74) is 8.04. The lowest BCUT2D eigenvalue weighted by Gasteiger charge is -2.08. The van der Waals surface area contributed by atoms with E-state index in [4.69, 9.17) is 5.73 Å². The highest BCUT2D eigenvalue weighted by Gasteiger charge is 2.07. The van der Waals surface area contributed by atoms with Gasteiger partial charge in [-0.1, -0.05) is 19.1 Å². The smallest absolute Gasteiger partial charge is 0.223 e. The molecule has 96 valence electrons. The van der Waals surface area contributed by atoms with Gasteiger partial charge in [-0.2, -0.15) is 4.98 Å². The van der Waals surface area contributed by atoms with Crippen LogP contribution in [0.1, 0.15) is 12.5 Å². The molecule has 0 aliphatic carbocycles. The number of rotatable bonds is 3. The van der Waals surface area contributed by atoms with Gasteiger partial charge in [-0.05, 0) is 35.6 Å². The van der Waals surface area contributed by atoms with Gasteiger partial charge in [-0.3, -0.25) is 0 Å². The van der Waals surface area contributed by atoms with Crippen LogP contribution >= 0.6 is 11.3 Å². The van der Waals surface area contributed by atoms with Crippen molar-refractivity contribution in [2.45, 2.75) is 13.3 Å². The molecule has 0 atom stereocenters. The summed E-state index contributed by atoms with van der Waals surface area (Å²) in [7, 11) is 0. The molecular formula is C14H14N4S. The van der Waals surface area contributed by atoms with Gasteiger partial charge in [-0.15, -0.1) is 11.3 Å². The molecule has 0 saturated heterocycles. The Labute approximate surface area is 115 Å². The van der Waals surface area contributed by atoms with E-state index >= 15 is 0 Å². The van der Waals surface area contributed by atoms with E-state index in [9.17, 15) is 0 Å². The van der Waals surface area contributed by atoms with Crippen LogP contribution in [0.15, 0.2) is 35.7 Å². The molecule has 2 aromatic heterocycles. The van der Waals surface area contributed by atoms with Gasteiger partial charge >= 0.3 is 0 Å². The number of nitrogen functional groups attached to an aromatic ring is 1. The van der Waals surface area contributed by atoms with E-state index in [-0.39, 0.29) is 0 Å². The van der Waals surface area contributed by atoms with Crippen molar-refractivity contribution >= 4 is 39.0 Å². The van der Waals surface area contributed by atoms with Crippen LogP contribution in [0, 0.1) is 0 Å². The first-order chi connectivity index (χ1) is 9.26. The second-order valence-electron chi connectivity index (χ2n) is 4.25. The molecule has 0 fully saturated rings. The fourth-order valence-electron chi connectivity index (χ4n) is 1.97. The number of anilines is 3. The Balaban J connectivity index is 2.02. The third kappa shape index (κ3) is 2.37. The number of hydrogen-bond acceptors (Lipinski definition) is 5. The van der Waals surface area contributed by atoms with Crippen molar-refractivity contribution in [2.24, 2.45) is 0 Å². The average molecular weight is 270 g/mol. The molecule has 4 nitrogen and oxygen atoms in total. The van der Waals surface area contributed by atoms with Crippen LogP contribution < -0.4 is 11.1 Å². The van der Waals surface area contributed by atoms with Crippen molar-refractivity contribution < 1.29 is 0 Å². The van der Waals surface area contributed by atoms with Gasteiger partial charge in [0.25, 0.3) is 0 Å². The van der Waals surface area contributed by atoms with Gasteiger partial charge in [0, 0.05) is 5.69 Å². The molecule has 0 saturated carbocycles. The Morgan fingerprint density at radius 2 is 2.16 bits per heavy atom. The number of aromatic nitrogens is 2. The number of fused-ring (bicyclic) bond motifs is 1. The van der Waals surface area contributed by atoms with E-state index in [1.54, 1.807) is 11.3 Å². The second kappa shape index (κ2) is 4.85. The average Bonchev–Trinajstić information content (AvgIpc) is 2.87. The highest BCUT2D eigenvalue weighted by atomic mass is 32.1. The maximum Gasteiger partial charge on any atom is 0.223 e. The number of nitrogens with two attached hydrogens (primary N) is 1. The summed E-state index contributed by atoms with van der Waals surface area (Å²) in [6.45, 7) is 2.14. The first-order valence-electron chi connectivity index (χ1n) is 6.13. The van der Waals surface area contributed by atoms with E-state index in [2.05, 4.69) is 34.3 Å². The van der Waals surface area contributed by atoms with Gasteiger partial charge in [0.15, 0.2) is 0 Å². The molecule has 2 heterocycles. The van der Waals surface area contributed by atoms with Crippen LogP contribution in [0.3, 0.4) is 0 Å². The Bertz CT molecular complexity index is 720. The van der Waals surface area contributed by atoms with Crippen LogP contribution in [0.2, 0.25) is 0 Å². The van der Waals surface area contributed by atoms with Crippen molar-refractivity contribution in [3.05, 3.63) is 41.3 Å². The minimum absolute atomic E-state index is 0.295. The molecule has 19 heavy (non-hydrogen) atoms. The summed E-state index contributed by atoms with van der Waals surface area (Å²) in [5, 5.41) is 6.32. The van der Waals surface area contributed by atoms with Crippen LogP contribution in [0.5, 0.6) is 0 Å². The molecule has 3 N–H and O–H groups in total. The normalized spacial score (nSPS) is 10.8. The van der Waals surface area contributed by atoms with E-state index in [0.717, 1.165) is 28.1 Å². The molecule has 0 aliphatic rings. The minimum atomic E-state index is 0.295. The summed E-state index contributed by atoms with van der Waals surface area (Å²) < 4.78 is 0. The van der Waals surface area contributed by atoms with Gasteiger partial charge in [-0.25, -0.2) is 4.98 Å². The molecule has 0 aliphatic heterocycles. The predicted octanol–water partition coefficient (Wildman–Crippen LogP) is 3.58. The fraction of sp³-hybridized carbons (Fsp3) is 0.143. The maximum atomic E-state index is 5.74. The quantitative estimate of drug-likeness (QED) is 0.763. The summed E-state index contributed by atoms with van der Waals surface area (Å²) in [4.78, 5) is 9.41. The zero-order valence-corrected chi connectivity index (χ0v) is 11.4. The largest absolute Gasteiger partial charge is 0.368 e. The van der Waals surface area contributed by atoms with Crippen molar-refractivity contribution in [1.82, 2.24) is 9.97 Å². The third-order valence-corrected chi connectivity index (χ3v) is 3.75. The molecule has 1 aromatic carbocycles. The van der Waals surface area contributed by atoms with E-state index in [1.807, 2.05) is 23.6 Å². The highest BCUT2D eigenvalue weighted by molar-refractivity contribution is 7.16. The van der Waals surface area contributed by atoms with Crippen LogP contribution in [-0.4, -0.2) is 9.97 Å². The molecule has 0 amide bonds. The topological polar surface area (TPSA) is 63.8 Å². The number of nitrogens with zero attached hydrogens (tertiary/aromatic N) is 2. The van der Waals surface area contributed by atoms with Crippen molar-refractivity contribution in [3.63, 3.8) is 0 Å². The van der Waals surface area contributed by atoms with Gasteiger partial charge < -0.3 is 11.1 Å². The van der Waals surface area contributed by atoms with E-state index < -0.39 is 0 Å². The fourth-order valence-corrected chi connectivity index (χ4v) is 2.74. The SMILES string of the molecule is CCc1cccc(Nc2nc(N)nc3sccc23)c1. The third-order valence-electron chi connectivity index (χ3n) is 2.94. The molecular weight excluding hydrogens is 256 g/mol. The lowest BCUT2D eigenvalue weighted by molar-refractivity contribution is 1.14. The molecule has 3 rings (SSSR count). The number of nitrogens with one attached hydrogen (secondary N) is 1. The van der Waals surface area contributed by atoms with E-state index in [0.29, 0.717) is 5.95 Å². The molecule has 0 spiro atoms. The second-order valence-corrected chi connectivity index (χ2v) is 5.14. The maximum absolute atomic E-state index is 5.74. The Kier molecular flexibility index (Phi) is 3.05. The zero-order chi connectivity index (χ0) is 13.2. The lowest BCUT2D eigenvalue weighted by Crippen LogP contribution is -2.00. The molecule has 0 unspecified atom stereocenters. The van der Waals surface area contributed by atoms with Gasteiger partial charge in [0.1, 0.15) is 10.6 Å². The first kappa shape index (κ1) is 11.9. The summed E-state index contributed by atoms with van der Waals surface area (Å²) in [6.07, 6.45) is 1.01. The molecule has 0 bridgehead atoms. The molecule has 5 heteroatoms. The van der Waals surface area contributed by atoms with Gasteiger partial charge in [0.2, 0.25) is 5.95 Å². The van der Waals surface area contributed by atoms with E-state index in [1.165, 1.54) is 5.56 Å². The number of hydrogen-bond donors (Lipinski definition) is 2. The number of aryl methyl sites for hydroxylation is 1. The lowest BCUT2D eigenvalue weighted by atomic mass is 10.1. The van der Waals surface area contributed by atoms with Crippen molar-refractivity contribution in [1.29, 1.82) is 0 Å². The first-order valence-corrected chi connectivity index (χ1v) is 7.01. The Hall–Kier alpha value is -2.14. The summed E-state index contributed by atoms with van der Waals surface area (Å²) in [5.74, 6) is 1.06. The summed E-state index contributed by atoms with van der Waals surface area (Å²) >= 11 is 1.56. The van der Waals surface area contributed by atoms with Crippen LogP contribution in [0.4, 0.5) is 17.5 Å². The Morgan fingerprint density at radius 1 is 1.26 bits per heavy atom. The monoisotopic (exact) mass is 270 g/mol. The van der Waals surface area contributed by atoms with Crippen LogP contribution in [-0.2, 0) is 6.42 Å². The van der Waals surface area contributed by atoms with Crippen molar-refractivity contribution in [2.75, 3.05) is 11.1 Å².